The number of fused-ring (bicyclic) bond motifs is 1. The van der Waals surface area contributed by atoms with Crippen molar-refractivity contribution in [3.63, 3.8) is 0 Å². The van der Waals surface area contributed by atoms with Crippen molar-refractivity contribution >= 4 is 22.6 Å². The van der Waals surface area contributed by atoms with Gasteiger partial charge in [0.15, 0.2) is 0 Å². The summed E-state index contributed by atoms with van der Waals surface area (Å²) in [6, 6.07) is 15.5. The molecule has 0 bridgehead atoms. The van der Waals surface area contributed by atoms with Crippen LogP contribution in [0.25, 0.3) is 0 Å². The van der Waals surface area contributed by atoms with E-state index >= 15 is 0 Å². The van der Waals surface area contributed by atoms with Gasteiger partial charge in [-0.2, -0.15) is 0 Å². The molecule has 0 aliphatic heterocycles. The zero-order valence-electron chi connectivity index (χ0n) is 9.62. The van der Waals surface area contributed by atoms with Crippen molar-refractivity contribution in [2.45, 2.75) is 18.1 Å². The molecule has 0 aromatic heterocycles. The lowest BCUT2D eigenvalue weighted by atomic mass is 9.92. The van der Waals surface area contributed by atoms with E-state index in [0.717, 1.165) is 20.3 Å². The Morgan fingerprint density at radius 2 is 1.28 bits per heavy atom. The van der Waals surface area contributed by atoms with E-state index in [-0.39, 0.29) is 5.92 Å². The van der Waals surface area contributed by atoms with Crippen molar-refractivity contribution in [3.8, 4) is 0 Å². The van der Waals surface area contributed by atoms with E-state index in [0.29, 0.717) is 0 Å². The van der Waals surface area contributed by atoms with Crippen LogP contribution in [0.4, 0.5) is 0 Å². The Bertz CT molecular complexity index is 536. The van der Waals surface area contributed by atoms with Crippen LogP contribution in [0.2, 0.25) is 0 Å². The summed E-state index contributed by atoms with van der Waals surface area (Å²) < 4.78 is 1.15. The van der Waals surface area contributed by atoms with E-state index in [4.69, 9.17) is 0 Å². The van der Waals surface area contributed by atoms with Crippen molar-refractivity contribution in [2.75, 3.05) is 0 Å². The van der Waals surface area contributed by atoms with E-state index in [1.54, 1.807) is 0 Å². The molecule has 0 spiro atoms. The molecule has 0 amide bonds. The molecule has 1 aliphatic rings. The predicted molar refractivity (Wildman–Crippen MR) is 78.3 cm³/mol. The van der Waals surface area contributed by atoms with E-state index in [9.17, 15) is 10.2 Å². The lowest BCUT2D eigenvalue weighted by Gasteiger charge is -2.19. The molecule has 0 saturated carbocycles. The van der Waals surface area contributed by atoms with Crippen molar-refractivity contribution in [3.05, 3.63) is 68.8 Å². The molecule has 18 heavy (non-hydrogen) atoms. The average molecular weight is 352 g/mol. The Hall–Kier alpha value is -0.910. The first-order valence-electron chi connectivity index (χ1n) is 5.89. The fraction of sp³-hybridized carbons (Fsp3) is 0.200. The Balaban J connectivity index is 2.03. The summed E-state index contributed by atoms with van der Waals surface area (Å²) in [5.41, 5.74) is 2.66. The molecule has 0 radical (unpaired) electrons. The second-order valence-electron chi connectivity index (χ2n) is 4.60. The van der Waals surface area contributed by atoms with Gasteiger partial charge in [-0.05, 0) is 51.4 Å². The van der Waals surface area contributed by atoms with E-state index in [2.05, 4.69) is 22.6 Å². The zero-order chi connectivity index (χ0) is 12.7. The van der Waals surface area contributed by atoms with Crippen LogP contribution in [-0.2, 0) is 0 Å². The van der Waals surface area contributed by atoms with Gasteiger partial charge in [-0.3, -0.25) is 0 Å². The van der Waals surface area contributed by atoms with Crippen molar-refractivity contribution < 1.29 is 10.2 Å². The molecule has 0 fully saturated rings. The van der Waals surface area contributed by atoms with Gasteiger partial charge in [-0.15, -0.1) is 0 Å². The highest BCUT2D eigenvalue weighted by Gasteiger charge is 2.39. The number of hydrogen-bond donors (Lipinski definition) is 2. The number of halogens is 1. The lowest BCUT2D eigenvalue weighted by molar-refractivity contribution is 0.0771. The van der Waals surface area contributed by atoms with Gasteiger partial charge < -0.3 is 10.2 Å². The van der Waals surface area contributed by atoms with Gasteiger partial charge in [0.25, 0.3) is 0 Å². The summed E-state index contributed by atoms with van der Waals surface area (Å²) in [6.45, 7) is 0. The summed E-state index contributed by atoms with van der Waals surface area (Å²) in [5.74, 6) is -0.264. The van der Waals surface area contributed by atoms with Crippen LogP contribution >= 0.6 is 22.6 Å². The second kappa shape index (κ2) is 4.64. The third-order valence-corrected chi connectivity index (χ3v) is 4.29. The zero-order valence-corrected chi connectivity index (χ0v) is 11.8. The third-order valence-electron chi connectivity index (χ3n) is 3.57. The maximum Gasteiger partial charge on any atom is 0.0890 e. The van der Waals surface area contributed by atoms with Gasteiger partial charge in [0.2, 0.25) is 0 Å². The molecular formula is C15H13IO2. The maximum atomic E-state index is 10.4. The first kappa shape index (κ1) is 12.1. The molecule has 3 rings (SSSR count). The summed E-state index contributed by atoms with van der Waals surface area (Å²) >= 11 is 2.25. The normalized spacial score (nSPS) is 23.1. The Morgan fingerprint density at radius 1 is 0.778 bits per heavy atom. The molecule has 92 valence electrons. The Labute approximate surface area is 119 Å². The summed E-state index contributed by atoms with van der Waals surface area (Å²) in [5, 5.41) is 20.7. The van der Waals surface area contributed by atoms with Crippen LogP contribution in [0.1, 0.15) is 34.8 Å². The largest absolute Gasteiger partial charge is 0.388 e. The maximum absolute atomic E-state index is 10.4. The first-order chi connectivity index (χ1) is 8.68. The van der Waals surface area contributed by atoms with Crippen LogP contribution in [0.3, 0.4) is 0 Å². The van der Waals surface area contributed by atoms with Crippen molar-refractivity contribution in [1.82, 2.24) is 0 Å². The monoisotopic (exact) mass is 352 g/mol. The summed E-state index contributed by atoms with van der Waals surface area (Å²) in [7, 11) is 0. The van der Waals surface area contributed by atoms with E-state index < -0.39 is 12.2 Å². The number of rotatable bonds is 1. The molecule has 2 aromatic carbocycles. The molecule has 1 aliphatic carbocycles. The first-order valence-corrected chi connectivity index (χ1v) is 6.97. The highest BCUT2D eigenvalue weighted by molar-refractivity contribution is 14.1. The molecule has 0 unspecified atom stereocenters. The summed E-state index contributed by atoms with van der Waals surface area (Å²) in [6.07, 6.45) is -1.26. The Kier molecular flexibility index (Phi) is 3.13. The highest BCUT2D eigenvalue weighted by atomic mass is 127. The number of benzene rings is 2. The van der Waals surface area contributed by atoms with Gasteiger partial charge in [0.05, 0.1) is 12.2 Å². The third kappa shape index (κ3) is 1.86. The minimum atomic E-state index is -0.628. The van der Waals surface area contributed by atoms with Crippen LogP contribution in [-0.4, -0.2) is 10.2 Å². The molecule has 2 N–H and O–H groups in total. The second-order valence-corrected chi connectivity index (χ2v) is 5.84. The van der Waals surface area contributed by atoms with Crippen LogP contribution < -0.4 is 0 Å². The number of hydrogen-bond acceptors (Lipinski definition) is 2. The van der Waals surface area contributed by atoms with Gasteiger partial charge in [-0.25, -0.2) is 0 Å². The lowest BCUT2D eigenvalue weighted by Crippen LogP contribution is -2.09. The topological polar surface area (TPSA) is 40.5 Å². The van der Waals surface area contributed by atoms with Gasteiger partial charge in [-0.1, -0.05) is 36.4 Å². The van der Waals surface area contributed by atoms with E-state index in [1.165, 1.54) is 0 Å². The fourth-order valence-corrected chi connectivity index (χ4v) is 3.02. The van der Waals surface area contributed by atoms with Crippen LogP contribution in [0.5, 0.6) is 0 Å². The van der Waals surface area contributed by atoms with Crippen LogP contribution in [0.15, 0.2) is 48.5 Å². The smallest absolute Gasteiger partial charge is 0.0890 e. The summed E-state index contributed by atoms with van der Waals surface area (Å²) in [4.78, 5) is 0. The molecule has 2 aromatic rings. The standard InChI is InChI=1S/C15H13IO2/c16-10-7-5-9(6-8-10)13-14(17)11-3-1-2-4-12(11)15(13)18/h1-8,13-15,17-18H/t14-,15-/m0/s1. The fourth-order valence-electron chi connectivity index (χ4n) is 2.66. The molecule has 0 saturated heterocycles. The van der Waals surface area contributed by atoms with Gasteiger partial charge >= 0.3 is 0 Å². The minimum Gasteiger partial charge on any atom is -0.388 e. The molecule has 2 nitrogen and oxygen atoms in total. The number of aliphatic hydroxyl groups excluding tert-OH is 2. The molecular weight excluding hydrogens is 339 g/mol. The predicted octanol–water partition coefficient (Wildman–Crippen LogP) is 3.16. The molecule has 3 heteroatoms. The van der Waals surface area contributed by atoms with Crippen LogP contribution in [0, 0.1) is 3.57 Å². The molecule has 2 atom stereocenters. The van der Waals surface area contributed by atoms with Gasteiger partial charge in [0.1, 0.15) is 0 Å². The van der Waals surface area contributed by atoms with Gasteiger partial charge in [0, 0.05) is 9.49 Å². The average Bonchev–Trinajstić information content (AvgIpc) is 2.64. The molecule has 0 heterocycles. The quantitative estimate of drug-likeness (QED) is 0.775. The SMILES string of the molecule is O[C@H]1c2ccccc2[C@H](O)C1c1ccc(I)cc1. The van der Waals surface area contributed by atoms with Crippen molar-refractivity contribution in [1.29, 1.82) is 0 Å². The Morgan fingerprint density at radius 3 is 1.78 bits per heavy atom. The van der Waals surface area contributed by atoms with Crippen molar-refractivity contribution in [2.24, 2.45) is 0 Å². The highest BCUT2D eigenvalue weighted by Crippen LogP contribution is 2.49. The number of aliphatic hydroxyl groups is 2. The minimum absolute atomic E-state index is 0.264. The van der Waals surface area contributed by atoms with E-state index in [1.807, 2.05) is 48.5 Å².